The van der Waals surface area contributed by atoms with Crippen LogP contribution in [0.2, 0.25) is 5.02 Å². The van der Waals surface area contributed by atoms with Gasteiger partial charge in [-0.15, -0.1) is 0 Å². The average molecular weight is 329 g/mol. The van der Waals surface area contributed by atoms with Crippen LogP contribution in [0, 0.1) is 0 Å². The lowest BCUT2D eigenvalue weighted by atomic mass is 10.1. The number of rotatable bonds is 5. The van der Waals surface area contributed by atoms with Gasteiger partial charge in [0.2, 0.25) is 5.91 Å². The van der Waals surface area contributed by atoms with Crippen LogP contribution in [0.15, 0.2) is 48.5 Å². The van der Waals surface area contributed by atoms with E-state index in [0.29, 0.717) is 6.54 Å². The van der Waals surface area contributed by atoms with E-state index < -0.39 is 0 Å². The smallest absolute Gasteiger partial charge is 0.241 e. The van der Waals surface area contributed by atoms with Crippen molar-refractivity contribution in [1.82, 2.24) is 5.32 Å². The lowest BCUT2D eigenvalue weighted by Gasteiger charge is -2.23. The van der Waals surface area contributed by atoms with Crippen LogP contribution in [-0.4, -0.2) is 25.0 Å². The van der Waals surface area contributed by atoms with Gasteiger partial charge in [-0.05, 0) is 55.6 Å². The number of benzene rings is 2. The minimum absolute atomic E-state index is 0.133. The minimum atomic E-state index is 0.133. The standard InChI is InChI=1S/C19H21ClN2O/c1-14-11-16-6-2-3-8-18(16)22(14)19(23)13-21-10-9-15-5-4-7-17(20)12-15/h2-8,12,14,21H,9-11,13H2,1H3. The minimum Gasteiger partial charge on any atom is -0.308 e. The number of amides is 1. The second-order valence-electron chi connectivity index (χ2n) is 6.00. The summed E-state index contributed by atoms with van der Waals surface area (Å²) in [5.74, 6) is 0.133. The molecule has 0 aromatic heterocycles. The van der Waals surface area contributed by atoms with Crippen molar-refractivity contribution in [2.24, 2.45) is 0 Å². The molecule has 3 nitrogen and oxygen atoms in total. The first kappa shape index (κ1) is 16.0. The zero-order chi connectivity index (χ0) is 16.2. The lowest BCUT2D eigenvalue weighted by Crippen LogP contribution is -2.41. The van der Waals surface area contributed by atoms with E-state index in [-0.39, 0.29) is 11.9 Å². The number of fused-ring (bicyclic) bond motifs is 1. The molecule has 23 heavy (non-hydrogen) atoms. The molecule has 3 rings (SSSR count). The Morgan fingerprint density at radius 2 is 2.09 bits per heavy atom. The zero-order valence-electron chi connectivity index (χ0n) is 13.3. The maximum atomic E-state index is 12.5. The number of anilines is 1. The number of hydrogen-bond donors (Lipinski definition) is 1. The van der Waals surface area contributed by atoms with Gasteiger partial charge in [-0.25, -0.2) is 0 Å². The molecular formula is C19H21ClN2O. The fraction of sp³-hybridized carbons (Fsp3) is 0.316. The van der Waals surface area contributed by atoms with Gasteiger partial charge in [-0.3, -0.25) is 4.79 Å². The summed E-state index contributed by atoms with van der Waals surface area (Å²) in [6.07, 6.45) is 1.80. The monoisotopic (exact) mass is 328 g/mol. The van der Waals surface area contributed by atoms with Gasteiger partial charge in [-0.2, -0.15) is 0 Å². The summed E-state index contributed by atoms with van der Waals surface area (Å²) in [6.45, 7) is 3.22. The van der Waals surface area contributed by atoms with E-state index in [9.17, 15) is 4.79 Å². The molecule has 0 saturated heterocycles. The van der Waals surface area contributed by atoms with Gasteiger partial charge in [0, 0.05) is 16.8 Å². The van der Waals surface area contributed by atoms with Crippen molar-refractivity contribution in [3.8, 4) is 0 Å². The number of nitrogens with one attached hydrogen (secondary N) is 1. The number of nitrogens with zero attached hydrogens (tertiary/aromatic N) is 1. The Kier molecular flexibility index (Phi) is 4.99. The van der Waals surface area contributed by atoms with Gasteiger partial charge in [0.15, 0.2) is 0 Å². The second-order valence-corrected chi connectivity index (χ2v) is 6.44. The Bertz CT molecular complexity index is 701. The third-order valence-electron chi connectivity index (χ3n) is 4.23. The molecule has 1 atom stereocenters. The number of halogens is 1. The molecule has 0 radical (unpaired) electrons. The summed E-state index contributed by atoms with van der Waals surface area (Å²) in [5.41, 5.74) is 3.49. The van der Waals surface area contributed by atoms with Crippen LogP contribution >= 0.6 is 11.6 Å². The van der Waals surface area contributed by atoms with Crippen molar-refractivity contribution in [2.75, 3.05) is 18.0 Å². The molecule has 1 heterocycles. The predicted molar refractivity (Wildman–Crippen MR) is 95.1 cm³/mol. The SMILES string of the molecule is CC1Cc2ccccc2N1C(=O)CNCCc1cccc(Cl)c1. The number of hydrogen-bond acceptors (Lipinski definition) is 2. The molecule has 2 aromatic carbocycles. The highest BCUT2D eigenvalue weighted by Crippen LogP contribution is 2.31. The summed E-state index contributed by atoms with van der Waals surface area (Å²) in [5, 5.41) is 4.00. The third kappa shape index (κ3) is 3.74. The van der Waals surface area contributed by atoms with Crippen LogP contribution in [0.5, 0.6) is 0 Å². The highest BCUT2D eigenvalue weighted by Gasteiger charge is 2.29. The van der Waals surface area contributed by atoms with Crippen molar-refractivity contribution in [3.63, 3.8) is 0 Å². The molecule has 1 unspecified atom stereocenters. The second kappa shape index (κ2) is 7.16. The first-order valence-electron chi connectivity index (χ1n) is 8.00. The predicted octanol–water partition coefficient (Wildman–Crippen LogP) is 3.45. The van der Waals surface area contributed by atoms with Crippen molar-refractivity contribution in [2.45, 2.75) is 25.8 Å². The molecule has 1 aliphatic heterocycles. The van der Waals surface area contributed by atoms with Crippen molar-refractivity contribution in [3.05, 3.63) is 64.7 Å². The van der Waals surface area contributed by atoms with E-state index in [1.165, 1.54) is 11.1 Å². The molecule has 0 aliphatic carbocycles. The summed E-state index contributed by atoms with van der Waals surface area (Å²) < 4.78 is 0. The number of carbonyl (C=O) groups is 1. The Morgan fingerprint density at radius 1 is 1.26 bits per heavy atom. The quantitative estimate of drug-likeness (QED) is 0.853. The molecule has 0 saturated carbocycles. The van der Waals surface area contributed by atoms with Gasteiger partial charge in [0.05, 0.1) is 6.54 Å². The molecule has 1 amide bonds. The average Bonchev–Trinajstić information content (AvgIpc) is 2.87. The maximum absolute atomic E-state index is 12.5. The van der Waals surface area contributed by atoms with Crippen LogP contribution in [0.25, 0.3) is 0 Å². The maximum Gasteiger partial charge on any atom is 0.241 e. The summed E-state index contributed by atoms with van der Waals surface area (Å²) >= 11 is 5.98. The molecule has 1 N–H and O–H groups in total. The van der Waals surface area contributed by atoms with Crippen molar-refractivity contribution in [1.29, 1.82) is 0 Å². The van der Waals surface area contributed by atoms with Crippen LogP contribution < -0.4 is 10.2 Å². The van der Waals surface area contributed by atoms with Gasteiger partial charge in [-0.1, -0.05) is 41.9 Å². The van der Waals surface area contributed by atoms with Gasteiger partial charge >= 0.3 is 0 Å². The Morgan fingerprint density at radius 3 is 2.91 bits per heavy atom. The lowest BCUT2D eigenvalue weighted by molar-refractivity contribution is -0.118. The molecule has 0 fully saturated rings. The molecule has 4 heteroatoms. The molecule has 120 valence electrons. The number of carbonyl (C=O) groups excluding carboxylic acids is 1. The van der Waals surface area contributed by atoms with Crippen molar-refractivity contribution < 1.29 is 4.79 Å². The molecular weight excluding hydrogens is 308 g/mol. The van der Waals surface area contributed by atoms with Gasteiger partial charge in [0.1, 0.15) is 0 Å². The van der Waals surface area contributed by atoms with Gasteiger partial charge < -0.3 is 10.2 Å². The first-order valence-corrected chi connectivity index (χ1v) is 8.38. The third-order valence-corrected chi connectivity index (χ3v) is 4.47. The van der Waals surface area contributed by atoms with Crippen LogP contribution in [0.3, 0.4) is 0 Å². The van der Waals surface area contributed by atoms with Crippen molar-refractivity contribution >= 4 is 23.2 Å². The van der Waals surface area contributed by atoms with Crippen LogP contribution in [0.1, 0.15) is 18.1 Å². The highest BCUT2D eigenvalue weighted by molar-refractivity contribution is 6.30. The van der Waals surface area contributed by atoms with Crippen LogP contribution in [-0.2, 0) is 17.6 Å². The summed E-state index contributed by atoms with van der Waals surface area (Å²) in [4.78, 5) is 14.4. The van der Waals surface area contributed by atoms with E-state index in [2.05, 4.69) is 18.3 Å². The normalized spacial score (nSPS) is 16.4. The molecule has 1 aliphatic rings. The fourth-order valence-corrected chi connectivity index (χ4v) is 3.36. The van der Waals surface area contributed by atoms with E-state index in [0.717, 1.165) is 30.1 Å². The summed E-state index contributed by atoms with van der Waals surface area (Å²) in [7, 11) is 0. The molecule has 0 spiro atoms. The Hall–Kier alpha value is -1.84. The van der Waals surface area contributed by atoms with E-state index in [4.69, 9.17) is 11.6 Å². The van der Waals surface area contributed by atoms with E-state index in [1.54, 1.807) is 0 Å². The van der Waals surface area contributed by atoms with E-state index in [1.807, 2.05) is 47.4 Å². The van der Waals surface area contributed by atoms with Crippen LogP contribution in [0.4, 0.5) is 5.69 Å². The topological polar surface area (TPSA) is 32.3 Å². The molecule has 0 bridgehead atoms. The van der Waals surface area contributed by atoms with Gasteiger partial charge in [0.25, 0.3) is 0 Å². The fourth-order valence-electron chi connectivity index (χ4n) is 3.15. The highest BCUT2D eigenvalue weighted by atomic mass is 35.5. The number of para-hydroxylation sites is 1. The molecule has 2 aromatic rings. The Labute approximate surface area is 142 Å². The largest absolute Gasteiger partial charge is 0.308 e. The Balaban J connectivity index is 1.52. The zero-order valence-corrected chi connectivity index (χ0v) is 14.0. The van der Waals surface area contributed by atoms with E-state index >= 15 is 0 Å². The summed E-state index contributed by atoms with van der Waals surface area (Å²) in [6, 6.07) is 16.2. The first-order chi connectivity index (χ1) is 11.1.